The molecule has 0 spiro atoms. The van der Waals surface area contributed by atoms with Crippen molar-refractivity contribution < 1.29 is 19.6 Å². The Labute approximate surface area is 175 Å². The first-order chi connectivity index (χ1) is 13.9. The molecule has 5 nitrogen and oxygen atoms in total. The van der Waals surface area contributed by atoms with Crippen molar-refractivity contribution in [3.63, 3.8) is 0 Å². The van der Waals surface area contributed by atoms with Gasteiger partial charge in [0.05, 0.1) is 22.7 Å². The summed E-state index contributed by atoms with van der Waals surface area (Å²) in [4.78, 5) is 29.8. The van der Waals surface area contributed by atoms with E-state index in [4.69, 9.17) is 4.74 Å². The number of quaternary nitrogens is 1. The Morgan fingerprint density at radius 1 is 1.14 bits per heavy atom. The second-order valence-corrected chi connectivity index (χ2v) is 8.07. The summed E-state index contributed by atoms with van der Waals surface area (Å²) in [5, 5.41) is 4.14. The predicted octanol–water partition coefficient (Wildman–Crippen LogP) is 3.79. The van der Waals surface area contributed by atoms with E-state index in [9.17, 15) is 9.59 Å². The van der Waals surface area contributed by atoms with E-state index < -0.39 is 5.97 Å². The highest BCUT2D eigenvalue weighted by atomic mass is 32.1. The van der Waals surface area contributed by atoms with Crippen LogP contribution in [0.5, 0.6) is 0 Å². The van der Waals surface area contributed by atoms with Gasteiger partial charge in [-0.15, -0.1) is 11.3 Å². The Kier molecular flexibility index (Phi) is 6.67. The molecule has 2 heterocycles. The van der Waals surface area contributed by atoms with Gasteiger partial charge in [0.15, 0.2) is 0 Å². The van der Waals surface area contributed by atoms with E-state index in [1.165, 1.54) is 4.88 Å². The number of carbonyl (C=O) groups excluding carboxylic acids is 2. The number of nitrogens with two attached hydrogens (primary N) is 1. The number of ketones is 1. The molecule has 0 aliphatic heterocycles. The van der Waals surface area contributed by atoms with Gasteiger partial charge in [-0.25, -0.2) is 4.79 Å². The van der Waals surface area contributed by atoms with E-state index in [0.717, 1.165) is 5.56 Å². The topological polar surface area (TPSA) is 75.8 Å². The molecule has 0 saturated carbocycles. The molecular formula is C23H27N2O3S+. The van der Waals surface area contributed by atoms with Crippen molar-refractivity contribution in [2.75, 3.05) is 6.61 Å². The lowest BCUT2D eigenvalue weighted by atomic mass is 10.0. The van der Waals surface area contributed by atoms with Crippen LogP contribution in [0, 0.1) is 13.8 Å². The highest BCUT2D eigenvalue weighted by molar-refractivity contribution is 7.10. The van der Waals surface area contributed by atoms with E-state index in [1.54, 1.807) is 32.1 Å². The molecule has 2 atom stereocenters. The van der Waals surface area contributed by atoms with Crippen LogP contribution in [-0.4, -0.2) is 29.4 Å². The third kappa shape index (κ3) is 4.49. The fraction of sp³-hybridized carbons (Fsp3) is 0.304. The molecule has 0 fully saturated rings. The first-order valence-corrected chi connectivity index (χ1v) is 10.7. The summed E-state index contributed by atoms with van der Waals surface area (Å²) >= 11 is 1.68. The second kappa shape index (κ2) is 9.20. The summed E-state index contributed by atoms with van der Waals surface area (Å²) in [7, 11) is 0. The quantitative estimate of drug-likeness (QED) is 0.437. The third-order valence-electron chi connectivity index (χ3n) is 5.07. The van der Waals surface area contributed by atoms with Gasteiger partial charge in [-0.2, -0.15) is 0 Å². The Morgan fingerprint density at radius 3 is 2.48 bits per heavy atom. The number of thiophene rings is 1. The minimum Gasteiger partial charge on any atom is -0.462 e. The van der Waals surface area contributed by atoms with Crippen molar-refractivity contribution in [3.05, 3.63) is 80.8 Å². The van der Waals surface area contributed by atoms with Crippen LogP contribution in [0.1, 0.15) is 62.4 Å². The van der Waals surface area contributed by atoms with Crippen molar-refractivity contribution in [2.24, 2.45) is 0 Å². The molecule has 0 saturated heterocycles. The summed E-state index contributed by atoms with van der Waals surface area (Å²) < 4.78 is 5.14. The lowest BCUT2D eigenvalue weighted by Crippen LogP contribution is -2.92. The summed E-state index contributed by atoms with van der Waals surface area (Å²) in [5.74, 6) is -0.422. The predicted molar refractivity (Wildman–Crippen MR) is 115 cm³/mol. The van der Waals surface area contributed by atoms with Gasteiger partial charge in [-0.1, -0.05) is 36.4 Å². The summed E-state index contributed by atoms with van der Waals surface area (Å²) in [5.41, 5.74) is 3.40. The molecule has 0 aliphatic rings. The van der Waals surface area contributed by atoms with Crippen LogP contribution >= 0.6 is 11.3 Å². The first kappa shape index (κ1) is 21.0. The van der Waals surface area contributed by atoms with Crippen molar-refractivity contribution in [2.45, 2.75) is 39.8 Å². The van der Waals surface area contributed by atoms with Crippen LogP contribution in [0.4, 0.5) is 0 Å². The maximum Gasteiger partial charge on any atom is 0.340 e. The summed E-state index contributed by atoms with van der Waals surface area (Å²) in [6.45, 7) is 7.57. The molecule has 0 bridgehead atoms. The van der Waals surface area contributed by atoms with Gasteiger partial charge in [0, 0.05) is 11.3 Å². The van der Waals surface area contributed by atoms with Gasteiger partial charge in [0.25, 0.3) is 0 Å². The average Bonchev–Trinajstić information content (AvgIpc) is 3.34. The summed E-state index contributed by atoms with van der Waals surface area (Å²) in [6.07, 6.45) is 0. The number of aryl methyl sites for hydroxylation is 1. The molecular weight excluding hydrogens is 384 g/mol. The van der Waals surface area contributed by atoms with Crippen molar-refractivity contribution >= 4 is 23.1 Å². The number of aromatic amines is 1. The maximum atomic E-state index is 13.2. The monoisotopic (exact) mass is 411 g/mol. The van der Waals surface area contributed by atoms with Gasteiger partial charge < -0.3 is 15.0 Å². The highest BCUT2D eigenvalue weighted by Crippen LogP contribution is 2.24. The number of carbonyl (C=O) groups is 2. The molecule has 152 valence electrons. The molecule has 2 aromatic heterocycles. The standard InChI is InChI=1S/C23H26N2O3S/c1-5-28-23(27)19-14(2)20(24-15(19)3)22(26)16(4)25-21(18-12-9-13-29-18)17-10-7-6-8-11-17/h6-13,16,21,24-25H,5H2,1-4H3/p+1/t16-,21+/m0/s1. The lowest BCUT2D eigenvalue weighted by Gasteiger charge is -2.19. The van der Waals surface area contributed by atoms with Gasteiger partial charge in [0.2, 0.25) is 5.78 Å². The zero-order valence-electron chi connectivity index (χ0n) is 17.2. The Hall–Kier alpha value is -2.70. The minimum atomic E-state index is -0.393. The molecule has 1 aromatic carbocycles. The van der Waals surface area contributed by atoms with Gasteiger partial charge in [0.1, 0.15) is 12.1 Å². The number of rotatable bonds is 8. The largest absolute Gasteiger partial charge is 0.462 e. The van der Waals surface area contributed by atoms with Crippen LogP contribution in [0.3, 0.4) is 0 Å². The fourth-order valence-corrected chi connectivity index (χ4v) is 4.44. The molecule has 3 N–H and O–H groups in total. The normalized spacial score (nSPS) is 13.1. The minimum absolute atomic E-state index is 0.0290. The highest BCUT2D eigenvalue weighted by Gasteiger charge is 2.30. The number of aromatic nitrogens is 1. The van der Waals surface area contributed by atoms with Crippen molar-refractivity contribution in [1.82, 2.24) is 4.98 Å². The molecule has 6 heteroatoms. The number of benzene rings is 1. The average molecular weight is 412 g/mol. The van der Waals surface area contributed by atoms with Crippen LogP contribution in [-0.2, 0) is 4.74 Å². The molecule has 0 aliphatic carbocycles. The van der Waals surface area contributed by atoms with Gasteiger partial charge in [-0.3, -0.25) is 4.79 Å². The number of esters is 1. The number of H-pyrrole nitrogens is 1. The van der Waals surface area contributed by atoms with Crippen molar-refractivity contribution in [1.29, 1.82) is 0 Å². The van der Waals surface area contributed by atoms with Crippen LogP contribution in [0.2, 0.25) is 0 Å². The number of hydrogen-bond donors (Lipinski definition) is 2. The zero-order chi connectivity index (χ0) is 21.0. The first-order valence-electron chi connectivity index (χ1n) is 9.77. The molecule has 3 aromatic rings. The second-order valence-electron chi connectivity index (χ2n) is 7.09. The van der Waals surface area contributed by atoms with Gasteiger partial charge >= 0.3 is 5.97 Å². The van der Waals surface area contributed by atoms with Crippen molar-refractivity contribution in [3.8, 4) is 0 Å². The maximum absolute atomic E-state index is 13.2. The van der Waals surface area contributed by atoms with Crippen LogP contribution in [0.25, 0.3) is 0 Å². The molecule has 0 unspecified atom stereocenters. The molecule has 0 radical (unpaired) electrons. The summed E-state index contributed by atoms with van der Waals surface area (Å²) in [6, 6.07) is 14.0. The van der Waals surface area contributed by atoms with E-state index in [-0.39, 0.29) is 17.9 Å². The smallest absolute Gasteiger partial charge is 0.340 e. The van der Waals surface area contributed by atoms with E-state index >= 15 is 0 Å². The number of nitrogens with one attached hydrogen (secondary N) is 1. The fourth-order valence-electron chi connectivity index (χ4n) is 3.61. The molecule has 29 heavy (non-hydrogen) atoms. The lowest BCUT2D eigenvalue weighted by molar-refractivity contribution is -0.703. The molecule has 0 amide bonds. The van der Waals surface area contributed by atoms with E-state index in [1.807, 2.05) is 31.2 Å². The van der Waals surface area contributed by atoms with Crippen LogP contribution in [0.15, 0.2) is 47.8 Å². The zero-order valence-corrected chi connectivity index (χ0v) is 18.0. The van der Waals surface area contributed by atoms with Gasteiger partial charge in [-0.05, 0) is 44.7 Å². The number of hydrogen-bond acceptors (Lipinski definition) is 4. The SMILES string of the molecule is CCOC(=O)c1c(C)[nH]c(C(=O)[C@H](C)[NH2+][C@H](c2ccccc2)c2cccs2)c1C. The number of ether oxygens (including phenoxy) is 1. The van der Waals surface area contributed by atoms with E-state index in [2.05, 4.69) is 33.9 Å². The van der Waals surface area contributed by atoms with E-state index in [0.29, 0.717) is 29.1 Å². The Balaban J connectivity index is 1.86. The Bertz CT molecular complexity index is 977. The van der Waals surface area contributed by atoms with Crippen LogP contribution < -0.4 is 5.32 Å². The number of Topliss-reactive ketones (excluding diaryl/α,β-unsaturated/α-hetero) is 1. The Morgan fingerprint density at radius 2 is 1.86 bits per heavy atom. The third-order valence-corrected chi connectivity index (χ3v) is 6.02. The molecule has 3 rings (SSSR count).